The molecule has 1 N–H and O–H groups in total. The second kappa shape index (κ2) is 4.91. The Morgan fingerprint density at radius 3 is 2.78 bits per heavy atom. The number of furan rings is 1. The molecule has 18 heavy (non-hydrogen) atoms. The van der Waals surface area contributed by atoms with Gasteiger partial charge in [-0.2, -0.15) is 0 Å². The summed E-state index contributed by atoms with van der Waals surface area (Å²) >= 11 is 0. The van der Waals surface area contributed by atoms with Gasteiger partial charge in [-0.1, -0.05) is 18.2 Å². The van der Waals surface area contributed by atoms with Gasteiger partial charge in [0, 0.05) is 19.0 Å². The number of benzene rings is 1. The van der Waals surface area contributed by atoms with E-state index in [0.29, 0.717) is 11.1 Å². The van der Waals surface area contributed by atoms with Crippen LogP contribution in [0.4, 0.5) is 0 Å². The van der Waals surface area contributed by atoms with Crippen molar-refractivity contribution in [1.82, 2.24) is 4.90 Å². The van der Waals surface area contributed by atoms with Crippen molar-refractivity contribution in [2.24, 2.45) is 0 Å². The summed E-state index contributed by atoms with van der Waals surface area (Å²) in [5.41, 5.74) is 1.10. The van der Waals surface area contributed by atoms with Crippen molar-refractivity contribution in [2.45, 2.75) is 6.42 Å². The zero-order valence-electron chi connectivity index (χ0n) is 9.92. The predicted octanol–water partition coefficient (Wildman–Crippen LogP) is 1.98. The van der Waals surface area contributed by atoms with Crippen molar-refractivity contribution in [3.8, 4) is 0 Å². The van der Waals surface area contributed by atoms with Crippen molar-refractivity contribution in [3.05, 3.63) is 36.1 Å². The van der Waals surface area contributed by atoms with E-state index in [9.17, 15) is 9.59 Å². The molecule has 1 aromatic heterocycles. The molecule has 0 aliphatic heterocycles. The number of rotatable bonds is 4. The topological polar surface area (TPSA) is 70.8 Å². The number of carbonyl (C=O) groups is 2. The number of carboxylic acid groups (broad SMARTS) is 1. The SMILES string of the molecule is CN(CCC(=O)O)C(=O)c1coc2ccccc12. The summed E-state index contributed by atoms with van der Waals surface area (Å²) in [6, 6.07) is 7.24. The van der Waals surface area contributed by atoms with Crippen molar-refractivity contribution in [3.63, 3.8) is 0 Å². The summed E-state index contributed by atoms with van der Waals surface area (Å²) in [5, 5.41) is 9.33. The molecule has 2 rings (SSSR count). The van der Waals surface area contributed by atoms with E-state index < -0.39 is 5.97 Å². The van der Waals surface area contributed by atoms with Crippen LogP contribution < -0.4 is 0 Å². The van der Waals surface area contributed by atoms with Gasteiger partial charge < -0.3 is 14.4 Å². The normalized spacial score (nSPS) is 10.5. The van der Waals surface area contributed by atoms with Gasteiger partial charge in [0.2, 0.25) is 0 Å². The molecule has 5 heteroatoms. The van der Waals surface area contributed by atoms with Crippen LogP contribution in [0.25, 0.3) is 11.0 Å². The molecule has 0 atom stereocenters. The molecule has 0 aliphatic rings. The Morgan fingerprint density at radius 1 is 1.33 bits per heavy atom. The zero-order valence-corrected chi connectivity index (χ0v) is 9.92. The highest BCUT2D eigenvalue weighted by Crippen LogP contribution is 2.21. The van der Waals surface area contributed by atoms with Gasteiger partial charge in [0.1, 0.15) is 11.8 Å². The molecule has 1 aromatic carbocycles. The maximum absolute atomic E-state index is 12.1. The van der Waals surface area contributed by atoms with E-state index in [1.165, 1.54) is 11.2 Å². The van der Waals surface area contributed by atoms with E-state index >= 15 is 0 Å². The van der Waals surface area contributed by atoms with Crippen LogP contribution in [0.5, 0.6) is 0 Å². The maximum Gasteiger partial charge on any atom is 0.305 e. The molecule has 0 bridgehead atoms. The first kappa shape index (κ1) is 12.2. The molecule has 0 fully saturated rings. The van der Waals surface area contributed by atoms with Crippen LogP contribution in [0.2, 0.25) is 0 Å². The summed E-state index contributed by atoms with van der Waals surface area (Å²) in [6.07, 6.45) is 1.34. The van der Waals surface area contributed by atoms with Gasteiger partial charge in [0.25, 0.3) is 5.91 Å². The maximum atomic E-state index is 12.1. The van der Waals surface area contributed by atoms with Crippen LogP contribution in [0, 0.1) is 0 Å². The van der Waals surface area contributed by atoms with Crippen LogP contribution in [0.3, 0.4) is 0 Å². The van der Waals surface area contributed by atoms with Gasteiger partial charge in [-0.25, -0.2) is 0 Å². The summed E-state index contributed by atoms with van der Waals surface area (Å²) in [5.74, 6) is -1.16. The van der Waals surface area contributed by atoms with Gasteiger partial charge in [-0.15, -0.1) is 0 Å². The van der Waals surface area contributed by atoms with Gasteiger partial charge in [0.15, 0.2) is 0 Å². The fourth-order valence-electron chi connectivity index (χ4n) is 1.71. The lowest BCUT2D eigenvalue weighted by Crippen LogP contribution is -2.28. The van der Waals surface area contributed by atoms with Crippen molar-refractivity contribution in [1.29, 1.82) is 0 Å². The molecule has 0 unspecified atom stereocenters. The van der Waals surface area contributed by atoms with Crippen molar-refractivity contribution < 1.29 is 19.1 Å². The van der Waals surface area contributed by atoms with Crippen molar-refractivity contribution >= 4 is 22.8 Å². The standard InChI is InChI=1S/C13H13NO4/c1-14(7-6-12(15)16)13(17)10-8-18-11-5-3-2-4-9(10)11/h2-5,8H,6-7H2,1H3,(H,15,16). The molecule has 2 aromatic rings. The first-order valence-corrected chi connectivity index (χ1v) is 5.53. The van der Waals surface area contributed by atoms with Crippen molar-refractivity contribution in [2.75, 3.05) is 13.6 Å². The minimum Gasteiger partial charge on any atom is -0.481 e. The smallest absolute Gasteiger partial charge is 0.305 e. The quantitative estimate of drug-likeness (QED) is 0.896. The Balaban J connectivity index is 2.20. The third kappa shape index (κ3) is 2.34. The number of fused-ring (bicyclic) bond motifs is 1. The summed E-state index contributed by atoms with van der Waals surface area (Å²) in [7, 11) is 1.58. The van der Waals surface area contributed by atoms with Gasteiger partial charge in [-0.3, -0.25) is 9.59 Å². The van der Waals surface area contributed by atoms with Gasteiger partial charge in [-0.05, 0) is 6.07 Å². The molecule has 5 nitrogen and oxygen atoms in total. The number of carbonyl (C=O) groups excluding carboxylic acids is 1. The zero-order chi connectivity index (χ0) is 13.1. The van der Waals surface area contributed by atoms with E-state index in [2.05, 4.69) is 0 Å². The van der Waals surface area contributed by atoms with E-state index in [-0.39, 0.29) is 18.9 Å². The third-order valence-corrected chi connectivity index (χ3v) is 2.72. The Labute approximate surface area is 104 Å². The number of nitrogens with zero attached hydrogens (tertiary/aromatic N) is 1. The van der Waals surface area contributed by atoms with Crippen LogP contribution in [-0.4, -0.2) is 35.5 Å². The molecule has 0 saturated carbocycles. The van der Waals surface area contributed by atoms with Crippen LogP contribution in [0.15, 0.2) is 34.9 Å². The van der Waals surface area contributed by atoms with E-state index in [1.54, 1.807) is 19.2 Å². The van der Waals surface area contributed by atoms with E-state index in [0.717, 1.165) is 5.39 Å². The minimum absolute atomic E-state index is 0.0714. The Bertz CT molecular complexity index is 587. The minimum atomic E-state index is -0.924. The second-order valence-corrected chi connectivity index (χ2v) is 4.02. The first-order valence-electron chi connectivity index (χ1n) is 5.53. The summed E-state index contributed by atoms with van der Waals surface area (Å²) in [6.45, 7) is 0.174. The summed E-state index contributed by atoms with van der Waals surface area (Å²) in [4.78, 5) is 24.0. The van der Waals surface area contributed by atoms with Crippen LogP contribution >= 0.6 is 0 Å². The predicted molar refractivity (Wildman–Crippen MR) is 65.4 cm³/mol. The average Bonchev–Trinajstić information content (AvgIpc) is 2.78. The molecular formula is C13H13NO4. The number of carboxylic acids is 1. The highest BCUT2D eigenvalue weighted by molar-refractivity contribution is 6.05. The van der Waals surface area contributed by atoms with E-state index in [1.807, 2.05) is 12.1 Å². The second-order valence-electron chi connectivity index (χ2n) is 4.02. The Hall–Kier alpha value is -2.30. The monoisotopic (exact) mass is 247 g/mol. The van der Waals surface area contributed by atoms with Gasteiger partial charge in [0.05, 0.1) is 12.0 Å². The van der Waals surface area contributed by atoms with E-state index in [4.69, 9.17) is 9.52 Å². The number of hydrogen-bond donors (Lipinski definition) is 1. The molecule has 0 saturated heterocycles. The van der Waals surface area contributed by atoms with Crippen LogP contribution in [0.1, 0.15) is 16.8 Å². The molecule has 0 aliphatic carbocycles. The molecule has 1 amide bonds. The largest absolute Gasteiger partial charge is 0.481 e. The third-order valence-electron chi connectivity index (χ3n) is 2.72. The average molecular weight is 247 g/mol. The molecule has 94 valence electrons. The molecule has 0 spiro atoms. The molecular weight excluding hydrogens is 234 g/mol. The number of amides is 1. The van der Waals surface area contributed by atoms with Gasteiger partial charge >= 0.3 is 5.97 Å². The Kier molecular flexibility index (Phi) is 3.32. The Morgan fingerprint density at radius 2 is 2.06 bits per heavy atom. The number of para-hydroxylation sites is 1. The first-order chi connectivity index (χ1) is 8.59. The highest BCUT2D eigenvalue weighted by atomic mass is 16.4. The fraction of sp³-hybridized carbons (Fsp3) is 0.231. The van der Waals surface area contributed by atoms with Crippen LogP contribution in [-0.2, 0) is 4.79 Å². The lowest BCUT2D eigenvalue weighted by molar-refractivity contribution is -0.137. The fourth-order valence-corrected chi connectivity index (χ4v) is 1.71. The lowest BCUT2D eigenvalue weighted by Gasteiger charge is -2.14. The molecule has 0 radical (unpaired) electrons. The number of hydrogen-bond acceptors (Lipinski definition) is 3. The number of aliphatic carboxylic acids is 1. The highest BCUT2D eigenvalue weighted by Gasteiger charge is 2.17. The molecule has 1 heterocycles. The summed E-state index contributed by atoms with van der Waals surface area (Å²) < 4.78 is 5.28. The lowest BCUT2D eigenvalue weighted by atomic mass is 10.1.